The minimum Gasteiger partial charge on any atom is -0.496 e. The van der Waals surface area contributed by atoms with Crippen molar-refractivity contribution in [3.05, 3.63) is 64.6 Å². The predicted molar refractivity (Wildman–Crippen MR) is 128 cm³/mol. The van der Waals surface area contributed by atoms with Gasteiger partial charge in [-0.05, 0) is 37.3 Å². The number of aromatic amines is 1. The van der Waals surface area contributed by atoms with Gasteiger partial charge in [0.1, 0.15) is 11.4 Å². The Hall–Kier alpha value is -4.43. The van der Waals surface area contributed by atoms with Gasteiger partial charge in [-0.25, -0.2) is 0 Å². The summed E-state index contributed by atoms with van der Waals surface area (Å²) in [6.45, 7) is 2.44. The van der Waals surface area contributed by atoms with Crippen LogP contribution in [0.3, 0.4) is 0 Å². The zero-order valence-corrected chi connectivity index (χ0v) is 19.3. The van der Waals surface area contributed by atoms with E-state index in [1.165, 1.54) is 19.4 Å². The van der Waals surface area contributed by atoms with Crippen LogP contribution in [0.5, 0.6) is 11.5 Å². The number of fused-ring (bicyclic) bond motifs is 4. The van der Waals surface area contributed by atoms with E-state index in [4.69, 9.17) is 4.74 Å². The number of methoxy groups -OCH3 is 1. The number of aryl methyl sites for hydroxylation is 1. The van der Waals surface area contributed by atoms with Gasteiger partial charge in [-0.15, -0.1) is 0 Å². The summed E-state index contributed by atoms with van der Waals surface area (Å²) in [6.07, 6.45) is 2.51. The number of nitriles is 1. The Kier molecular flexibility index (Phi) is 5.18. The van der Waals surface area contributed by atoms with E-state index in [9.17, 15) is 22.4 Å². The van der Waals surface area contributed by atoms with Crippen molar-refractivity contribution in [1.29, 1.82) is 5.26 Å². The van der Waals surface area contributed by atoms with E-state index < -0.39 is 10.5 Å². The first kappa shape index (κ1) is 22.4. The van der Waals surface area contributed by atoms with Gasteiger partial charge >= 0.3 is 10.5 Å². The van der Waals surface area contributed by atoms with Crippen LogP contribution < -0.4 is 14.3 Å². The number of H-pyrrole nitrogens is 1. The van der Waals surface area contributed by atoms with Gasteiger partial charge in [-0.1, -0.05) is 9.95 Å². The molecule has 3 heterocycles. The van der Waals surface area contributed by atoms with E-state index in [0.29, 0.717) is 61.8 Å². The number of hydrogen-bond acceptors (Lipinski definition) is 7. The molecule has 0 bridgehead atoms. The van der Waals surface area contributed by atoms with Crippen LogP contribution in [0.15, 0.2) is 53.6 Å². The average Bonchev–Trinajstić information content (AvgIpc) is 3.21. The van der Waals surface area contributed by atoms with Crippen molar-refractivity contribution in [2.45, 2.75) is 13.5 Å². The topological polar surface area (TPSA) is 127 Å². The number of nitrogens with one attached hydrogen (secondary N) is 1. The molecule has 0 aliphatic rings. The third-order valence-corrected chi connectivity index (χ3v) is 6.19. The Labute approximate surface area is 198 Å². The molecule has 0 radical (unpaired) electrons. The van der Waals surface area contributed by atoms with Crippen molar-refractivity contribution in [1.82, 2.24) is 14.5 Å². The molecule has 0 aliphatic carbocycles. The van der Waals surface area contributed by atoms with Gasteiger partial charge in [0.15, 0.2) is 11.2 Å². The summed E-state index contributed by atoms with van der Waals surface area (Å²) < 4.78 is 46.6. The van der Waals surface area contributed by atoms with Crippen molar-refractivity contribution < 1.29 is 21.2 Å². The second kappa shape index (κ2) is 8.11. The Balaban J connectivity index is 1.84. The number of hydrogen-bond donors (Lipinski definition) is 1. The summed E-state index contributed by atoms with van der Waals surface area (Å²) in [5, 5.41) is 10.9. The molecule has 9 nitrogen and oxygen atoms in total. The summed E-state index contributed by atoms with van der Waals surface area (Å²) in [4.78, 5) is 20.8. The zero-order chi connectivity index (χ0) is 24.9. The van der Waals surface area contributed by atoms with Crippen molar-refractivity contribution in [3.63, 3.8) is 0 Å². The second-order valence-electron chi connectivity index (χ2n) is 7.75. The smallest absolute Gasteiger partial charge is 0.488 e. The first-order valence-corrected chi connectivity index (χ1v) is 11.7. The lowest BCUT2D eigenvalue weighted by molar-refractivity contribution is 0.417. The molecule has 0 saturated heterocycles. The molecule has 3 aromatic heterocycles. The van der Waals surface area contributed by atoms with Crippen LogP contribution in [-0.2, 0) is 17.0 Å². The second-order valence-corrected chi connectivity index (χ2v) is 8.70. The number of aromatic nitrogens is 3. The van der Waals surface area contributed by atoms with Gasteiger partial charge in [0.05, 0.1) is 41.2 Å². The summed E-state index contributed by atoms with van der Waals surface area (Å²) in [6, 6.07) is 11.9. The molecule has 2 aromatic carbocycles. The number of pyridine rings is 2. The maximum Gasteiger partial charge on any atom is 0.488 e. The Morgan fingerprint density at radius 1 is 1.17 bits per heavy atom. The quantitative estimate of drug-likeness (QED) is 0.364. The largest absolute Gasteiger partial charge is 0.496 e. The summed E-state index contributed by atoms with van der Waals surface area (Å²) in [5.74, 6) is 0.0321. The normalized spacial score (nSPS) is 11.7. The molecule has 35 heavy (non-hydrogen) atoms. The molecule has 5 rings (SSSR count). The van der Waals surface area contributed by atoms with E-state index >= 15 is 0 Å². The van der Waals surface area contributed by atoms with Crippen LogP contribution in [0.2, 0.25) is 0 Å². The Bertz CT molecular complexity index is 1870. The maximum atomic E-state index is 13.6. The fourth-order valence-electron chi connectivity index (χ4n) is 4.36. The standard InChI is InChI=1S/C24H17FN4O5S/c1-3-29-20-8-17(14-7-15(12-27-11-14)34-35(25,31)32)21(33-2)9-18(20)23(30)22-16-5-4-13(10-26)6-19(16)28-24(22)29/h4-9,11-12,28H,3H2,1-2H3. The van der Waals surface area contributed by atoms with Gasteiger partial charge in [0, 0.05) is 34.8 Å². The van der Waals surface area contributed by atoms with Crippen LogP contribution in [0.25, 0.3) is 44.0 Å². The fraction of sp³-hybridized carbons (Fsp3) is 0.125. The van der Waals surface area contributed by atoms with E-state index in [2.05, 4.69) is 20.2 Å². The molecule has 176 valence electrons. The molecular weight excluding hydrogens is 475 g/mol. The highest BCUT2D eigenvalue weighted by Gasteiger charge is 2.19. The zero-order valence-electron chi connectivity index (χ0n) is 18.5. The van der Waals surface area contributed by atoms with E-state index in [-0.39, 0.29) is 11.2 Å². The van der Waals surface area contributed by atoms with Crippen LogP contribution in [-0.4, -0.2) is 30.1 Å². The fourth-order valence-corrected chi connectivity index (χ4v) is 4.68. The molecular formula is C24H17FN4O5S. The highest BCUT2D eigenvalue weighted by atomic mass is 32.3. The van der Waals surface area contributed by atoms with Crippen LogP contribution in [0, 0.1) is 11.3 Å². The van der Waals surface area contributed by atoms with E-state index in [1.807, 2.05) is 11.5 Å². The van der Waals surface area contributed by atoms with Crippen molar-refractivity contribution >= 4 is 43.3 Å². The van der Waals surface area contributed by atoms with E-state index in [1.54, 1.807) is 30.3 Å². The van der Waals surface area contributed by atoms with Gasteiger partial charge < -0.3 is 18.5 Å². The monoisotopic (exact) mass is 492 g/mol. The number of ether oxygens (including phenoxy) is 1. The SMILES string of the molecule is CCn1c2cc(-c3cncc(OS(=O)(=O)F)c3)c(OC)cc2c(=O)c2c3ccc(C#N)cc3[nH]c21. The molecule has 5 aromatic rings. The molecule has 11 heteroatoms. The maximum absolute atomic E-state index is 13.6. The number of halogens is 1. The summed E-state index contributed by atoms with van der Waals surface area (Å²) in [7, 11) is -3.79. The van der Waals surface area contributed by atoms with Gasteiger partial charge in [0.2, 0.25) is 0 Å². The third-order valence-electron chi connectivity index (χ3n) is 5.79. The number of rotatable bonds is 5. The third kappa shape index (κ3) is 3.74. The van der Waals surface area contributed by atoms with Crippen LogP contribution in [0.1, 0.15) is 12.5 Å². The van der Waals surface area contributed by atoms with Crippen molar-refractivity contribution in [2.24, 2.45) is 0 Å². The first-order valence-electron chi connectivity index (χ1n) is 10.4. The van der Waals surface area contributed by atoms with E-state index in [0.717, 1.165) is 6.20 Å². The number of benzene rings is 2. The van der Waals surface area contributed by atoms with Gasteiger partial charge in [0.25, 0.3) is 0 Å². The predicted octanol–water partition coefficient (Wildman–Crippen LogP) is 4.19. The minimum atomic E-state index is -5.23. The summed E-state index contributed by atoms with van der Waals surface area (Å²) >= 11 is 0. The lowest BCUT2D eigenvalue weighted by Gasteiger charge is -2.15. The van der Waals surface area contributed by atoms with Crippen molar-refractivity contribution in [3.8, 4) is 28.7 Å². The lowest BCUT2D eigenvalue weighted by atomic mass is 10.0. The molecule has 0 spiro atoms. The minimum absolute atomic E-state index is 0.209. The molecule has 0 aliphatic heterocycles. The molecule has 0 amide bonds. The Morgan fingerprint density at radius 2 is 1.97 bits per heavy atom. The first-order chi connectivity index (χ1) is 16.7. The molecule has 1 N–H and O–H groups in total. The van der Waals surface area contributed by atoms with Crippen LogP contribution in [0.4, 0.5) is 3.89 Å². The van der Waals surface area contributed by atoms with Crippen LogP contribution >= 0.6 is 0 Å². The highest BCUT2D eigenvalue weighted by molar-refractivity contribution is 7.81. The molecule has 0 saturated carbocycles. The van der Waals surface area contributed by atoms with Crippen molar-refractivity contribution in [2.75, 3.05) is 7.11 Å². The van der Waals surface area contributed by atoms with Gasteiger partial charge in [-0.3, -0.25) is 9.78 Å². The Morgan fingerprint density at radius 3 is 2.66 bits per heavy atom. The highest BCUT2D eigenvalue weighted by Crippen LogP contribution is 2.36. The number of nitrogens with zero attached hydrogens (tertiary/aromatic N) is 3. The van der Waals surface area contributed by atoms with Gasteiger partial charge in [-0.2, -0.15) is 13.7 Å². The lowest BCUT2D eigenvalue weighted by Crippen LogP contribution is -2.11. The molecule has 0 fully saturated rings. The average molecular weight is 492 g/mol. The summed E-state index contributed by atoms with van der Waals surface area (Å²) in [5.41, 5.74) is 3.02. The molecule has 0 atom stereocenters. The molecule has 0 unspecified atom stereocenters.